The average Bonchev–Trinajstić information content (AvgIpc) is 2.01. The van der Waals surface area contributed by atoms with Gasteiger partial charge in [-0.15, -0.1) is 0 Å². The summed E-state index contributed by atoms with van der Waals surface area (Å²) >= 11 is 0. The van der Waals surface area contributed by atoms with Gasteiger partial charge in [-0.1, -0.05) is 19.9 Å². The highest BCUT2D eigenvalue weighted by molar-refractivity contribution is 5.24. The maximum atomic E-state index is 6.00. The van der Waals surface area contributed by atoms with Gasteiger partial charge in [0.05, 0.1) is 0 Å². The highest BCUT2D eigenvalue weighted by Gasteiger charge is 2.16. The molecule has 0 aromatic carbocycles. The smallest absolute Gasteiger partial charge is 0.0456 e. The van der Waals surface area contributed by atoms with E-state index in [1.54, 1.807) is 0 Å². The number of pyridine rings is 1. The average molecular weight is 192 g/mol. The molecular weight excluding hydrogens is 172 g/mol. The summed E-state index contributed by atoms with van der Waals surface area (Å²) in [4.78, 5) is 4.41. The van der Waals surface area contributed by atoms with E-state index in [2.05, 4.69) is 24.9 Å². The van der Waals surface area contributed by atoms with E-state index in [0.29, 0.717) is 5.92 Å². The number of hydrogen-bond acceptors (Lipinski definition) is 2. The van der Waals surface area contributed by atoms with Crippen molar-refractivity contribution in [3.05, 3.63) is 29.6 Å². The van der Waals surface area contributed by atoms with Gasteiger partial charge in [0.1, 0.15) is 0 Å². The normalized spacial score (nSPS) is 12.1. The highest BCUT2D eigenvalue weighted by Crippen LogP contribution is 2.20. The van der Waals surface area contributed by atoms with E-state index < -0.39 is 0 Å². The lowest BCUT2D eigenvalue weighted by Gasteiger charge is -2.20. The Morgan fingerprint density at radius 2 is 2.07 bits per heavy atom. The van der Waals surface area contributed by atoms with E-state index >= 15 is 0 Å². The van der Waals surface area contributed by atoms with E-state index in [1.807, 2.05) is 26.1 Å². The molecule has 2 heteroatoms. The van der Waals surface area contributed by atoms with Crippen molar-refractivity contribution in [2.24, 2.45) is 5.73 Å². The molecule has 0 saturated carbocycles. The SMILES string of the molecule is CC(C)c1cccnc1CC(C)(C)N. The van der Waals surface area contributed by atoms with Crippen LogP contribution in [0.25, 0.3) is 0 Å². The molecule has 0 amide bonds. The van der Waals surface area contributed by atoms with Crippen LogP contribution >= 0.6 is 0 Å². The third-order valence-corrected chi connectivity index (χ3v) is 2.17. The zero-order valence-electron chi connectivity index (χ0n) is 9.54. The molecule has 2 nitrogen and oxygen atoms in total. The summed E-state index contributed by atoms with van der Waals surface area (Å²) in [6, 6.07) is 4.13. The van der Waals surface area contributed by atoms with Crippen molar-refractivity contribution in [1.82, 2.24) is 4.98 Å². The Hall–Kier alpha value is -0.890. The molecule has 0 atom stereocenters. The molecule has 2 N–H and O–H groups in total. The minimum atomic E-state index is -0.183. The standard InChI is InChI=1S/C12H20N2/c1-9(2)10-6-5-7-14-11(10)8-12(3,4)13/h5-7,9H,8,13H2,1-4H3. The van der Waals surface area contributed by atoms with Crippen LogP contribution in [0.15, 0.2) is 18.3 Å². The topological polar surface area (TPSA) is 38.9 Å². The van der Waals surface area contributed by atoms with Crippen molar-refractivity contribution in [3.8, 4) is 0 Å². The van der Waals surface area contributed by atoms with Crippen LogP contribution < -0.4 is 5.73 Å². The first-order valence-electron chi connectivity index (χ1n) is 5.13. The molecule has 1 aromatic rings. The summed E-state index contributed by atoms with van der Waals surface area (Å²) in [6.45, 7) is 8.44. The minimum absolute atomic E-state index is 0.183. The molecule has 0 unspecified atom stereocenters. The maximum absolute atomic E-state index is 6.00. The van der Waals surface area contributed by atoms with Crippen molar-refractivity contribution in [2.75, 3.05) is 0 Å². The largest absolute Gasteiger partial charge is 0.325 e. The van der Waals surface area contributed by atoms with Crippen LogP contribution in [0, 0.1) is 0 Å². The van der Waals surface area contributed by atoms with Crippen LogP contribution in [-0.4, -0.2) is 10.5 Å². The van der Waals surface area contributed by atoms with Gasteiger partial charge in [0.15, 0.2) is 0 Å². The zero-order valence-corrected chi connectivity index (χ0v) is 9.54. The summed E-state index contributed by atoms with van der Waals surface area (Å²) in [5.74, 6) is 0.515. The molecule has 0 saturated heterocycles. The predicted molar refractivity (Wildman–Crippen MR) is 60.3 cm³/mol. The van der Waals surface area contributed by atoms with E-state index in [4.69, 9.17) is 5.73 Å². The van der Waals surface area contributed by atoms with Gasteiger partial charge in [-0.2, -0.15) is 0 Å². The number of hydrogen-bond donors (Lipinski definition) is 1. The molecule has 0 fully saturated rings. The van der Waals surface area contributed by atoms with Crippen LogP contribution in [0.5, 0.6) is 0 Å². The molecule has 0 aliphatic carbocycles. The summed E-state index contributed by atoms with van der Waals surface area (Å²) in [6.07, 6.45) is 2.67. The van der Waals surface area contributed by atoms with Gasteiger partial charge in [-0.3, -0.25) is 4.98 Å². The van der Waals surface area contributed by atoms with Crippen LogP contribution in [0.4, 0.5) is 0 Å². The van der Waals surface area contributed by atoms with Gasteiger partial charge in [0.25, 0.3) is 0 Å². The molecule has 78 valence electrons. The lowest BCUT2D eigenvalue weighted by Crippen LogP contribution is -2.35. The fourth-order valence-electron chi connectivity index (χ4n) is 1.56. The van der Waals surface area contributed by atoms with Crippen LogP contribution in [-0.2, 0) is 6.42 Å². The zero-order chi connectivity index (χ0) is 10.8. The Bertz CT molecular complexity index is 297. The molecule has 1 aromatic heterocycles. The lowest BCUT2D eigenvalue weighted by atomic mass is 9.93. The van der Waals surface area contributed by atoms with Crippen molar-refractivity contribution < 1.29 is 0 Å². The summed E-state index contributed by atoms with van der Waals surface area (Å²) < 4.78 is 0. The Labute approximate surface area is 86.5 Å². The summed E-state index contributed by atoms with van der Waals surface area (Å²) in [5, 5.41) is 0. The van der Waals surface area contributed by atoms with Gasteiger partial charge in [0.2, 0.25) is 0 Å². The first kappa shape index (κ1) is 11.2. The van der Waals surface area contributed by atoms with Crippen LogP contribution in [0.1, 0.15) is 44.9 Å². The van der Waals surface area contributed by atoms with Crippen LogP contribution in [0.3, 0.4) is 0 Å². The van der Waals surface area contributed by atoms with Crippen LogP contribution in [0.2, 0.25) is 0 Å². The van der Waals surface area contributed by atoms with E-state index in [1.165, 1.54) is 5.56 Å². The van der Waals surface area contributed by atoms with Crippen molar-refractivity contribution >= 4 is 0 Å². The fraction of sp³-hybridized carbons (Fsp3) is 0.583. The molecule has 0 bridgehead atoms. The van der Waals surface area contributed by atoms with Crippen molar-refractivity contribution in [3.63, 3.8) is 0 Å². The Morgan fingerprint density at radius 3 is 2.57 bits per heavy atom. The van der Waals surface area contributed by atoms with Crippen molar-refractivity contribution in [2.45, 2.75) is 45.6 Å². The maximum Gasteiger partial charge on any atom is 0.0456 e. The molecular formula is C12H20N2. The fourth-order valence-corrected chi connectivity index (χ4v) is 1.56. The minimum Gasteiger partial charge on any atom is -0.325 e. The quantitative estimate of drug-likeness (QED) is 0.799. The monoisotopic (exact) mass is 192 g/mol. The lowest BCUT2D eigenvalue weighted by molar-refractivity contribution is 0.506. The molecule has 1 rings (SSSR count). The molecule has 0 aliphatic heterocycles. The van der Waals surface area contributed by atoms with E-state index in [9.17, 15) is 0 Å². The summed E-state index contributed by atoms with van der Waals surface area (Å²) in [7, 11) is 0. The molecule has 0 aliphatic rings. The second-order valence-corrected chi connectivity index (χ2v) is 4.86. The van der Waals surface area contributed by atoms with E-state index in [-0.39, 0.29) is 5.54 Å². The Kier molecular flexibility index (Phi) is 3.27. The molecule has 0 radical (unpaired) electrons. The predicted octanol–water partition coefficient (Wildman–Crippen LogP) is 2.48. The first-order chi connectivity index (χ1) is 6.40. The first-order valence-corrected chi connectivity index (χ1v) is 5.13. The second-order valence-electron chi connectivity index (χ2n) is 4.86. The van der Waals surface area contributed by atoms with Gasteiger partial charge >= 0.3 is 0 Å². The van der Waals surface area contributed by atoms with Crippen molar-refractivity contribution in [1.29, 1.82) is 0 Å². The molecule has 14 heavy (non-hydrogen) atoms. The number of nitrogens with two attached hydrogens (primary N) is 1. The highest BCUT2D eigenvalue weighted by atomic mass is 14.7. The third kappa shape index (κ3) is 3.11. The summed E-state index contributed by atoms with van der Waals surface area (Å²) in [5.41, 5.74) is 8.26. The molecule has 1 heterocycles. The number of aromatic nitrogens is 1. The Balaban J connectivity index is 2.96. The number of nitrogens with zero attached hydrogens (tertiary/aromatic N) is 1. The third-order valence-electron chi connectivity index (χ3n) is 2.17. The van der Waals surface area contributed by atoms with Gasteiger partial charge in [0, 0.05) is 23.9 Å². The van der Waals surface area contributed by atoms with Gasteiger partial charge in [-0.25, -0.2) is 0 Å². The number of rotatable bonds is 3. The van der Waals surface area contributed by atoms with Gasteiger partial charge in [-0.05, 0) is 31.4 Å². The Morgan fingerprint density at radius 1 is 1.43 bits per heavy atom. The molecule has 0 spiro atoms. The van der Waals surface area contributed by atoms with E-state index in [0.717, 1.165) is 12.1 Å². The van der Waals surface area contributed by atoms with Gasteiger partial charge < -0.3 is 5.73 Å². The second kappa shape index (κ2) is 4.09.